The number of ether oxygens (including phenoxy) is 3. The predicted molar refractivity (Wildman–Crippen MR) is 87.4 cm³/mol. The average Bonchev–Trinajstić information content (AvgIpc) is 3.11. The Balaban J connectivity index is 1.79. The van der Waals surface area contributed by atoms with E-state index in [1.807, 2.05) is 18.2 Å². The first-order valence-electron chi connectivity index (χ1n) is 8.02. The lowest BCUT2D eigenvalue weighted by atomic mass is 9.80. The second kappa shape index (κ2) is 7.19. The first kappa shape index (κ1) is 16.7. The monoisotopic (exact) mass is 333 g/mol. The van der Waals surface area contributed by atoms with Crippen LogP contribution in [0.1, 0.15) is 30.1 Å². The quantitative estimate of drug-likeness (QED) is 0.859. The molecule has 3 rings (SSSR count). The third kappa shape index (κ3) is 3.22. The molecule has 1 fully saturated rings. The summed E-state index contributed by atoms with van der Waals surface area (Å²) in [4.78, 5) is 4.58. The lowest BCUT2D eigenvalue weighted by Crippen LogP contribution is -2.40. The zero-order chi connectivity index (χ0) is 17.0. The molecule has 0 radical (unpaired) electrons. The largest absolute Gasteiger partial charge is 0.493 e. The number of hydrogen-bond donors (Lipinski definition) is 1. The topological polar surface area (TPSA) is 92.6 Å². The molecule has 1 aliphatic rings. The summed E-state index contributed by atoms with van der Waals surface area (Å²) in [7, 11) is 3.23. The van der Waals surface area contributed by atoms with Crippen molar-refractivity contribution in [3.8, 4) is 11.5 Å². The van der Waals surface area contributed by atoms with Crippen molar-refractivity contribution in [2.75, 3.05) is 34.0 Å². The highest BCUT2D eigenvalue weighted by Crippen LogP contribution is 2.33. The van der Waals surface area contributed by atoms with E-state index in [1.54, 1.807) is 14.2 Å². The van der Waals surface area contributed by atoms with Crippen LogP contribution in [0.15, 0.2) is 22.7 Å². The van der Waals surface area contributed by atoms with Gasteiger partial charge in [-0.2, -0.15) is 4.98 Å². The van der Waals surface area contributed by atoms with Gasteiger partial charge in [-0.05, 0) is 30.5 Å². The molecule has 7 heteroatoms. The Bertz CT molecular complexity index is 680. The number of rotatable bonds is 6. The first-order chi connectivity index (χ1) is 11.7. The van der Waals surface area contributed by atoms with Crippen molar-refractivity contribution in [3.05, 3.63) is 35.5 Å². The Morgan fingerprint density at radius 3 is 2.58 bits per heavy atom. The average molecular weight is 333 g/mol. The van der Waals surface area contributed by atoms with Gasteiger partial charge in [0.25, 0.3) is 0 Å². The molecular formula is C17H23N3O4. The molecule has 0 unspecified atom stereocenters. The van der Waals surface area contributed by atoms with Gasteiger partial charge in [0.1, 0.15) is 0 Å². The number of nitrogens with zero attached hydrogens (tertiary/aromatic N) is 2. The number of benzene rings is 1. The molecule has 0 amide bonds. The van der Waals surface area contributed by atoms with Gasteiger partial charge in [0, 0.05) is 26.2 Å². The van der Waals surface area contributed by atoms with Crippen molar-refractivity contribution in [2.45, 2.75) is 24.7 Å². The molecule has 0 aliphatic carbocycles. The fraction of sp³-hybridized carbons (Fsp3) is 0.529. The fourth-order valence-electron chi connectivity index (χ4n) is 2.98. The van der Waals surface area contributed by atoms with E-state index in [0.29, 0.717) is 49.4 Å². The van der Waals surface area contributed by atoms with Gasteiger partial charge in [0.15, 0.2) is 17.3 Å². The molecule has 130 valence electrons. The molecule has 1 aliphatic heterocycles. The van der Waals surface area contributed by atoms with Crippen LogP contribution >= 0.6 is 0 Å². The number of hydrogen-bond acceptors (Lipinski definition) is 7. The molecule has 2 N–H and O–H groups in total. The zero-order valence-electron chi connectivity index (χ0n) is 14.1. The molecule has 2 heterocycles. The van der Waals surface area contributed by atoms with Crippen LogP contribution in [0.2, 0.25) is 0 Å². The summed E-state index contributed by atoms with van der Waals surface area (Å²) in [6, 6.07) is 5.75. The highest BCUT2D eigenvalue weighted by molar-refractivity contribution is 5.43. The molecule has 0 bridgehead atoms. The van der Waals surface area contributed by atoms with Gasteiger partial charge in [0.05, 0.1) is 19.6 Å². The Morgan fingerprint density at radius 2 is 1.92 bits per heavy atom. The molecule has 1 aromatic heterocycles. The molecule has 7 nitrogen and oxygen atoms in total. The highest BCUT2D eigenvalue weighted by atomic mass is 16.5. The molecule has 2 aromatic rings. The molecular weight excluding hydrogens is 310 g/mol. The van der Waals surface area contributed by atoms with Gasteiger partial charge in [-0.3, -0.25) is 0 Å². The minimum absolute atomic E-state index is 0.263. The van der Waals surface area contributed by atoms with Crippen LogP contribution < -0.4 is 15.2 Å². The summed E-state index contributed by atoms with van der Waals surface area (Å²) < 4.78 is 21.5. The Kier molecular flexibility index (Phi) is 5.01. The van der Waals surface area contributed by atoms with E-state index in [1.165, 1.54) is 0 Å². The van der Waals surface area contributed by atoms with Crippen LogP contribution in [0.4, 0.5) is 0 Å². The van der Waals surface area contributed by atoms with Gasteiger partial charge < -0.3 is 24.5 Å². The van der Waals surface area contributed by atoms with Gasteiger partial charge in [-0.15, -0.1) is 0 Å². The van der Waals surface area contributed by atoms with E-state index in [0.717, 1.165) is 18.4 Å². The van der Waals surface area contributed by atoms with Crippen LogP contribution in [-0.4, -0.2) is 44.1 Å². The van der Waals surface area contributed by atoms with E-state index in [-0.39, 0.29) is 5.41 Å². The van der Waals surface area contributed by atoms with Gasteiger partial charge in [0.2, 0.25) is 5.89 Å². The van der Waals surface area contributed by atoms with Gasteiger partial charge >= 0.3 is 0 Å². The van der Waals surface area contributed by atoms with E-state index in [2.05, 4.69) is 10.1 Å². The molecule has 0 spiro atoms. The van der Waals surface area contributed by atoms with Crippen molar-refractivity contribution in [2.24, 2.45) is 5.73 Å². The summed E-state index contributed by atoms with van der Waals surface area (Å²) in [5.41, 5.74) is 6.75. The molecule has 24 heavy (non-hydrogen) atoms. The molecule has 1 aromatic carbocycles. The van der Waals surface area contributed by atoms with E-state index < -0.39 is 0 Å². The maximum atomic E-state index is 5.99. The number of methoxy groups -OCH3 is 2. The highest BCUT2D eigenvalue weighted by Gasteiger charge is 2.38. The van der Waals surface area contributed by atoms with Crippen LogP contribution in [-0.2, 0) is 16.6 Å². The Morgan fingerprint density at radius 1 is 1.17 bits per heavy atom. The summed E-state index contributed by atoms with van der Waals surface area (Å²) in [5.74, 6) is 2.63. The SMILES string of the molecule is COc1ccc(Cc2noc(C3(CN)CCOCC3)n2)cc1OC. The van der Waals surface area contributed by atoms with Crippen molar-refractivity contribution >= 4 is 0 Å². The smallest absolute Gasteiger partial charge is 0.234 e. The van der Waals surface area contributed by atoms with Gasteiger partial charge in [-0.25, -0.2) is 0 Å². The van der Waals surface area contributed by atoms with E-state index in [9.17, 15) is 0 Å². The maximum Gasteiger partial charge on any atom is 0.234 e. The number of nitrogens with two attached hydrogens (primary N) is 1. The van der Waals surface area contributed by atoms with Crippen molar-refractivity contribution in [3.63, 3.8) is 0 Å². The van der Waals surface area contributed by atoms with Crippen molar-refractivity contribution in [1.29, 1.82) is 0 Å². The third-order valence-corrected chi connectivity index (χ3v) is 4.57. The summed E-state index contributed by atoms with van der Waals surface area (Å²) in [6.45, 7) is 1.82. The maximum absolute atomic E-state index is 5.99. The Hall–Kier alpha value is -2.12. The summed E-state index contributed by atoms with van der Waals surface area (Å²) >= 11 is 0. The van der Waals surface area contributed by atoms with Crippen molar-refractivity contribution in [1.82, 2.24) is 10.1 Å². The van der Waals surface area contributed by atoms with Gasteiger partial charge in [-0.1, -0.05) is 11.2 Å². The van der Waals surface area contributed by atoms with E-state index in [4.69, 9.17) is 24.5 Å². The minimum Gasteiger partial charge on any atom is -0.493 e. The first-order valence-corrected chi connectivity index (χ1v) is 8.02. The second-order valence-electron chi connectivity index (χ2n) is 5.98. The lowest BCUT2D eigenvalue weighted by molar-refractivity contribution is 0.0409. The van der Waals surface area contributed by atoms with E-state index >= 15 is 0 Å². The fourth-order valence-corrected chi connectivity index (χ4v) is 2.98. The van der Waals surface area contributed by atoms with Crippen LogP contribution in [0.25, 0.3) is 0 Å². The van der Waals surface area contributed by atoms with Crippen molar-refractivity contribution < 1.29 is 18.7 Å². The minimum atomic E-state index is -0.263. The Labute approximate surface area is 141 Å². The van der Waals surface area contributed by atoms with Crippen LogP contribution in [0.3, 0.4) is 0 Å². The second-order valence-corrected chi connectivity index (χ2v) is 5.98. The van der Waals surface area contributed by atoms with Crippen LogP contribution in [0.5, 0.6) is 11.5 Å². The van der Waals surface area contributed by atoms with Crippen LogP contribution in [0, 0.1) is 0 Å². The summed E-state index contributed by atoms with van der Waals surface area (Å²) in [6.07, 6.45) is 2.17. The molecule has 0 atom stereocenters. The normalized spacial score (nSPS) is 16.8. The predicted octanol–water partition coefficient (Wildman–Crippen LogP) is 1.68. The standard InChI is InChI=1S/C17H23N3O4/c1-21-13-4-3-12(9-14(13)22-2)10-15-19-16(24-20-15)17(11-18)5-7-23-8-6-17/h3-4,9H,5-8,10-11,18H2,1-2H3. The third-order valence-electron chi connectivity index (χ3n) is 4.57. The molecule has 0 saturated carbocycles. The molecule has 1 saturated heterocycles. The number of aromatic nitrogens is 2. The summed E-state index contributed by atoms with van der Waals surface area (Å²) in [5, 5.41) is 4.12. The lowest BCUT2D eigenvalue weighted by Gasteiger charge is -2.32. The zero-order valence-corrected chi connectivity index (χ0v) is 14.1.